The first kappa shape index (κ1) is 20.5. The van der Waals surface area contributed by atoms with Crippen molar-refractivity contribution >= 4 is 28.9 Å². The molecule has 158 valence electrons. The number of amides is 1. The molecule has 3 heterocycles. The maximum absolute atomic E-state index is 12.7. The smallest absolute Gasteiger partial charge is 0.292 e. The number of nitrogens with zero attached hydrogens (tertiary/aromatic N) is 5. The van der Waals surface area contributed by atoms with Gasteiger partial charge in [-0.15, -0.1) is 0 Å². The number of carbonyl (C=O) groups is 1. The summed E-state index contributed by atoms with van der Waals surface area (Å²) in [7, 11) is 0. The summed E-state index contributed by atoms with van der Waals surface area (Å²) in [6.07, 6.45) is 3.68. The molecule has 31 heavy (non-hydrogen) atoms. The Labute approximate surface area is 181 Å². The Morgan fingerprint density at radius 2 is 2.00 bits per heavy atom. The van der Waals surface area contributed by atoms with Crippen molar-refractivity contribution in [2.75, 3.05) is 18.4 Å². The number of halogens is 1. The summed E-state index contributed by atoms with van der Waals surface area (Å²) < 4.78 is 1.07. The Bertz CT molecular complexity index is 1180. The molecule has 1 fully saturated rings. The number of non-ortho nitro benzene ring substituents is 1. The monoisotopic (exact) mass is 440 g/mol. The minimum absolute atomic E-state index is 0.0529. The van der Waals surface area contributed by atoms with Gasteiger partial charge in [-0.2, -0.15) is 9.78 Å². The topological polar surface area (TPSA) is 123 Å². The summed E-state index contributed by atoms with van der Waals surface area (Å²) in [5, 5.41) is 18.0. The molecule has 1 atom stereocenters. The molecule has 0 bridgehead atoms. The van der Waals surface area contributed by atoms with Crippen molar-refractivity contribution < 1.29 is 9.72 Å². The minimum atomic E-state index is -0.556. The Hall–Kier alpha value is -3.79. The first-order valence-electron chi connectivity index (χ1n) is 9.43. The van der Waals surface area contributed by atoms with Gasteiger partial charge in [0.2, 0.25) is 0 Å². The largest absolute Gasteiger partial charge is 0.378 e. The van der Waals surface area contributed by atoms with E-state index in [0.717, 1.165) is 4.68 Å². The number of hydrogen-bond acceptors (Lipinski definition) is 7. The highest BCUT2D eigenvalue weighted by atomic mass is 35.5. The number of pyridine rings is 1. The maximum Gasteiger partial charge on any atom is 0.292 e. The zero-order valence-electron chi connectivity index (χ0n) is 16.1. The van der Waals surface area contributed by atoms with Crippen LogP contribution in [0.1, 0.15) is 16.9 Å². The van der Waals surface area contributed by atoms with Gasteiger partial charge in [-0.25, -0.2) is 0 Å². The third-order valence-electron chi connectivity index (χ3n) is 4.94. The zero-order chi connectivity index (χ0) is 22.0. The van der Waals surface area contributed by atoms with Crippen LogP contribution in [0.2, 0.25) is 5.02 Å². The lowest BCUT2D eigenvalue weighted by Gasteiger charge is -2.18. The van der Waals surface area contributed by atoms with Crippen molar-refractivity contribution in [3.8, 4) is 5.69 Å². The van der Waals surface area contributed by atoms with Crippen LogP contribution in [0.4, 0.5) is 11.4 Å². The van der Waals surface area contributed by atoms with Crippen molar-refractivity contribution in [3.05, 3.63) is 86.0 Å². The van der Waals surface area contributed by atoms with Crippen LogP contribution in [0.3, 0.4) is 0 Å². The summed E-state index contributed by atoms with van der Waals surface area (Å²) in [5.41, 5.74) is 0.458. The highest BCUT2D eigenvalue weighted by Crippen LogP contribution is 2.22. The standard InChI is InChI=1S/C20H17ClN6O4/c21-18-17(11-23-26(20(18)29)14-4-6-15(7-5-14)27(30)31)24-13-8-10-25(12-13)19(28)16-3-1-2-9-22-16/h1-7,9,11,13,24H,8,10,12H2. The van der Waals surface area contributed by atoms with E-state index in [0.29, 0.717) is 36.6 Å². The first-order chi connectivity index (χ1) is 14.9. The summed E-state index contributed by atoms with van der Waals surface area (Å²) in [6, 6.07) is 10.5. The molecule has 1 aromatic carbocycles. The molecule has 11 heteroatoms. The third-order valence-corrected chi connectivity index (χ3v) is 5.31. The van der Waals surface area contributed by atoms with E-state index in [-0.39, 0.29) is 22.7 Å². The van der Waals surface area contributed by atoms with Crippen LogP contribution in [0.5, 0.6) is 0 Å². The SMILES string of the molecule is O=C(c1ccccn1)N1CCC(Nc2cnn(-c3ccc([N+](=O)[O-])cc3)c(=O)c2Cl)C1. The lowest BCUT2D eigenvalue weighted by molar-refractivity contribution is -0.384. The Morgan fingerprint density at radius 3 is 2.68 bits per heavy atom. The number of likely N-dealkylation sites (tertiary alicyclic amines) is 1. The average Bonchev–Trinajstić information content (AvgIpc) is 3.26. The van der Waals surface area contributed by atoms with Gasteiger partial charge in [0.05, 0.1) is 22.5 Å². The van der Waals surface area contributed by atoms with Gasteiger partial charge in [0.1, 0.15) is 10.7 Å². The fraction of sp³-hybridized carbons (Fsp3) is 0.200. The lowest BCUT2D eigenvalue weighted by Crippen LogP contribution is -2.32. The normalized spacial score (nSPS) is 15.6. The van der Waals surface area contributed by atoms with Crippen LogP contribution in [-0.4, -0.2) is 49.6 Å². The zero-order valence-corrected chi connectivity index (χ0v) is 16.9. The molecule has 10 nitrogen and oxygen atoms in total. The quantitative estimate of drug-likeness (QED) is 0.477. The molecular weight excluding hydrogens is 424 g/mol. The number of anilines is 1. The van der Waals surface area contributed by atoms with Crippen molar-refractivity contribution in [1.82, 2.24) is 19.7 Å². The van der Waals surface area contributed by atoms with E-state index in [9.17, 15) is 19.7 Å². The second-order valence-electron chi connectivity index (χ2n) is 6.96. The summed E-state index contributed by atoms with van der Waals surface area (Å²) in [6.45, 7) is 0.995. The third kappa shape index (κ3) is 4.24. The van der Waals surface area contributed by atoms with Gasteiger partial charge in [0, 0.05) is 37.5 Å². The van der Waals surface area contributed by atoms with E-state index in [1.165, 1.54) is 30.5 Å². The van der Waals surface area contributed by atoms with E-state index in [1.54, 1.807) is 29.3 Å². The molecule has 0 aliphatic carbocycles. The van der Waals surface area contributed by atoms with Crippen LogP contribution in [-0.2, 0) is 0 Å². The number of benzene rings is 1. The van der Waals surface area contributed by atoms with Gasteiger partial charge in [0.15, 0.2) is 0 Å². The first-order valence-corrected chi connectivity index (χ1v) is 9.81. The van der Waals surface area contributed by atoms with Gasteiger partial charge in [-0.05, 0) is 30.7 Å². The highest BCUT2D eigenvalue weighted by Gasteiger charge is 2.28. The fourth-order valence-corrected chi connectivity index (χ4v) is 3.55. The van der Waals surface area contributed by atoms with Crippen LogP contribution in [0.15, 0.2) is 59.7 Å². The van der Waals surface area contributed by atoms with E-state index < -0.39 is 10.5 Å². The van der Waals surface area contributed by atoms with Gasteiger partial charge >= 0.3 is 0 Å². The molecule has 1 N–H and O–H groups in total. The van der Waals surface area contributed by atoms with Crippen LogP contribution >= 0.6 is 11.6 Å². The molecule has 1 aliphatic rings. The number of rotatable bonds is 5. The fourth-order valence-electron chi connectivity index (χ4n) is 3.37. The van der Waals surface area contributed by atoms with E-state index in [4.69, 9.17) is 11.6 Å². The molecule has 1 saturated heterocycles. The Kier molecular flexibility index (Phi) is 5.63. The number of aromatic nitrogens is 3. The molecule has 0 saturated carbocycles. The number of nitro groups is 1. The highest BCUT2D eigenvalue weighted by molar-refractivity contribution is 6.33. The van der Waals surface area contributed by atoms with Gasteiger partial charge in [-0.1, -0.05) is 17.7 Å². The molecule has 1 aliphatic heterocycles. The molecule has 0 radical (unpaired) electrons. The summed E-state index contributed by atoms with van der Waals surface area (Å²) in [5.74, 6) is -0.150. The number of carbonyl (C=O) groups excluding carboxylic acids is 1. The Balaban J connectivity index is 1.47. The number of hydrogen-bond donors (Lipinski definition) is 1. The van der Waals surface area contributed by atoms with E-state index >= 15 is 0 Å². The molecule has 1 amide bonds. The number of nitrogens with one attached hydrogen (secondary N) is 1. The van der Waals surface area contributed by atoms with Crippen molar-refractivity contribution in [1.29, 1.82) is 0 Å². The van der Waals surface area contributed by atoms with Crippen molar-refractivity contribution in [3.63, 3.8) is 0 Å². The summed E-state index contributed by atoms with van der Waals surface area (Å²) in [4.78, 5) is 41.2. The molecule has 2 aromatic heterocycles. The predicted molar refractivity (Wildman–Crippen MR) is 114 cm³/mol. The van der Waals surface area contributed by atoms with Crippen LogP contribution in [0, 0.1) is 10.1 Å². The van der Waals surface area contributed by atoms with Crippen molar-refractivity contribution in [2.45, 2.75) is 12.5 Å². The second kappa shape index (κ2) is 8.52. The summed E-state index contributed by atoms with van der Waals surface area (Å²) >= 11 is 6.27. The van der Waals surface area contributed by atoms with E-state index in [1.807, 2.05) is 0 Å². The minimum Gasteiger partial charge on any atom is -0.378 e. The number of nitro benzene ring substituents is 1. The van der Waals surface area contributed by atoms with Gasteiger partial charge in [0.25, 0.3) is 17.2 Å². The average molecular weight is 441 g/mol. The molecule has 3 aromatic rings. The van der Waals surface area contributed by atoms with Crippen molar-refractivity contribution in [2.24, 2.45) is 0 Å². The van der Waals surface area contributed by atoms with Gasteiger partial charge in [-0.3, -0.25) is 24.7 Å². The predicted octanol–water partition coefficient (Wildman–Crippen LogP) is 2.52. The molecular formula is C20H17ClN6O4. The Morgan fingerprint density at radius 1 is 1.23 bits per heavy atom. The molecule has 0 spiro atoms. The molecule has 4 rings (SSSR count). The lowest BCUT2D eigenvalue weighted by atomic mass is 10.2. The second-order valence-corrected chi connectivity index (χ2v) is 7.34. The van der Waals surface area contributed by atoms with Gasteiger partial charge < -0.3 is 10.2 Å². The van der Waals surface area contributed by atoms with E-state index in [2.05, 4.69) is 15.4 Å². The molecule has 1 unspecified atom stereocenters. The van der Waals surface area contributed by atoms with Crippen LogP contribution in [0.25, 0.3) is 5.69 Å². The van der Waals surface area contributed by atoms with Crippen LogP contribution < -0.4 is 10.9 Å². The maximum atomic E-state index is 12.7.